The van der Waals surface area contributed by atoms with Gasteiger partial charge in [0.25, 0.3) is 0 Å². The van der Waals surface area contributed by atoms with Gasteiger partial charge in [-0.05, 0) is 25.7 Å². The zero-order chi connectivity index (χ0) is 10.7. The average molecular weight is 210 g/mol. The van der Waals surface area contributed by atoms with Crippen LogP contribution in [0.25, 0.3) is 0 Å². The predicted octanol–water partition coefficient (Wildman–Crippen LogP) is 1.87. The molecular formula is C11H15FN2O. The van der Waals surface area contributed by atoms with Crippen LogP contribution in [0.4, 0.5) is 4.39 Å². The average Bonchev–Trinajstić information content (AvgIpc) is 2.22. The summed E-state index contributed by atoms with van der Waals surface area (Å²) in [7, 11) is 0. The molecule has 82 valence electrons. The third kappa shape index (κ3) is 2.89. The summed E-state index contributed by atoms with van der Waals surface area (Å²) in [5.41, 5.74) is 5.79. The van der Waals surface area contributed by atoms with Crippen LogP contribution in [0, 0.1) is 5.82 Å². The molecule has 4 heteroatoms. The normalized spacial score (nSPS) is 26.3. The number of aromatic nitrogens is 1. The van der Waals surface area contributed by atoms with Crippen LogP contribution < -0.4 is 10.5 Å². The number of hydrogen-bond acceptors (Lipinski definition) is 3. The molecule has 1 aromatic heterocycles. The zero-order valence-corrected chi connectivity index (χ0v) is 8.53. The minimum atomic E-state index is -0.361. The molecule has 0 atom stereocenters. The van der Waals surface area contributed by atoms with E-state index in [1.807, 2.05) is 0 Å². The summed E-state index contributed by atoms with van der Waals surface area (Å²) in [6.07, 6.45) is 6.71. The maximum absolute atomic E-state index is 12.8. The number of pyridine rings is 1. The van der Waals surface area contributed by atoms with Gasteiger partial charge in [-0.1, -0.05) is 0 Å². The number of ether oxygens (including phenoxy) is 1. The number of nitrogens with zero attached hydrogens (tertiary/aromatic N) is 1. The van der Waals surface area contributed by atoms with E-state index in [2.05, 4.69) is 4.98 Å². The molecule has 0 bridgehead atoms. The molecule has 3 nitrogen and oxygen atoms in total. The van der Waals surface area contributed by atoms with Crippen LogP contribution >= 0.6 is 0 Å². The molecule has 0 aromatic carbocycles. The van der Waals surface area contributed by atoms with Gasteiger partial charge in [0.2, 0.25) is 0 Å². The fourth-order valence-electron chi connectivity index (χ4n) is 1.86. The molecule has 0 aliphatic heterocycles. The van der Waals surface area contributed by atoms with E-state index < -0.39 is 0 Å². The van der Waals surface area contributed by atoms with Crippen molar-refractivity contribution in [2.45, 2.75) is 37.8 Å². The van der Waals surface area contributed by atoms with Crippen molar-refractivity contribution in [3.05, 3.63) is 24.3 Å². The largest absolute Gasteiger partial charge is 0.489 e. The Morgan fingerprint density at radius 1 is 1.27 bits per heavy atom. The maximum Gasteiger partial charge on any atom is 0.145 e. The molecule has 0 spiro atoms. The Kier molecular flexibility index (Phi) is 3.16. The zero-order valence-electron chi connectivity index (χ0n) is 8.53. The van der Waals surface area contributed by atoms with Crippen molar-refractivity contribution in [3.63, 3.8) is 0 Å². The van der Waals surface area contributed by atoms with Crippen molar-refractivity contribution < 1.29 is 9.13 Å². The fourth-order valence-corrected chi connectivity index (χ4v) is 1.86. The van der Waals surface area contributed by atoms with Crippen molar-refractivity contribution >= 4 is 0 Å². The van der Waals surface area contributed by atoms with Crippen molar-refractivity contribution in [1.82, 2.24) is 4.98 Å². The Bertz CT molecular complexity index is 324. The van der Waals surface area contributed by atoms with Crippen LogP contribution in [0.1, 0.15) is 25.7 Å². The highest BCUT2D eigenvalue weighted by Crippen LogP contribution is 2.22. The quantitative estimate of drug-likeness (QED) is 0.810. The van der Waals surface area contributed by atoms with Gasteiger partial charge in [-0.25, -0.2) is 4.39 Å². The van der Waals surface area contributed by atoms with E-state index >= 15 is 0 Å². The molecule has 1 fully saturated rings. The van der Waals surface area contributed by atoms with E-state index in [4.69, 9.17) is 10.5 Å². The highest BCUT2D eigenvalue weighted by atomic mass is 19.1. The van der Waals surface area contributed by atoms with Gasteiger partial charge in [0.15, 0.2) is 0 Å². The predicted molar refractivity (Wildman–Crippen MR) is 55.1 cm³/mol. The molecule has 0 amide bonds. The Balaban J connectivity index is 1.92. The first-order valence-electron chi connectivity index (χ1n) is 5.27. The van der Waals surface area contributed by atoms with Gasteiger partial charge in [0, 0.05) is 12.1 Å². The van der Waals surface area contributed by atoms with Crippen LogP contribution in [0.3, 0.4) is 0 Å². The minimum Gasteiger partial charge on any atom is -0.489 e. The van der Waals surface area contributed by atoms with Crippen LogP contribution in [0.15, 0.2) is 18.5 Å². The lowest BCUT2D eigenvalue weighted by molar-refractivity contribution is 0.146. The number of halogens is 1. The molecule has 1 aromatic rings. The smallest absolute Gasteiger partial charge is 0.145 e. The highest BCUT2D eigenvalue weighted by molar-refractivity contribution is 5.17. The number of hydrogen-bond donors (Lipinski definition) is 1. The minimum absolute atomic E-state index is 0.161. The van der Waals surface area contributed by atoms with Gasteiger partial charge in [0.05, 0.1) is 18.5 Å². The Hall–Kier alpha value is -1.16. The highest BCUT2D eigenvalue weighted by Gasteiger charge is 2.19. The van der Waals surface area contributed by atoms with Gasteiger partial charge < -0.3 is 10.5 Å². The molecule has 0 unspecified atom stereocenters. The first-order valence-corrected chi connectivity index (χ1v) is 5.27. The SMILES string of the molecule is N[C@H]1CC[C@H](Oc2cncc(F)c2)CC1. The second-order valence-corrected chi connectivity index (χ2v) is 3.99. The van der Waals surface area contributed by atoms with Crippen LogP contribution in [0.5, 0.6) is 5.75 Å². The molecule has 0 saturated heterocycles. The lowest BCUT2D eigenvalue weighted by atomic mass is 9.94. The Morgan fingerprint density at radius 3 is 2.67 bits per heavy atom. The van der Waals surface area contributed by atoms with E-state index in [-0.39, 0.29) is 11.9 Å². The van der Waals surface area contributed by atoms with Crippen molar-refractivity contribution in [3.8, 4) is 5.75 Å². The lowest BCUT2D eigenvalue weighted by Gasteiger charge is -2.26. The fraction of sp³-hybridized carbons (Fsp3) is 0.545. The van der Waals surface area contributed by atoms with E-state index in [1.54, 1.807) is 0 Å². The second-order valence-electron chi connectivity index (χ2n) is 3.99. The Labute approximate surface area is 88.5 Å². The summed E-state index contributed by atoms with van der Waals surface area (Å²) < 4.78 is 18.4. The van der Waals surface area contributed by atoms with E-state index in [9.17, 15) is 4.39 Å². The van der Waals surface area contributed by atoms with Crippen LogP contribution in [-0.4, -0.2) is 17.1 Å². The molecule has 1 aliphatic rings. The Morgan fingerprint density at radius 2 is 2.00 bits per heavy atom. The first-order chi connectivity index (χ1) is 7.24. The van der Waals surface area contributed by atoms with Crippen molar-refractivity contribution in [2.75, 3.05) is 0 Å². The molecule has 1 aliphatic carbocycles. The lowest BCUT2D eigenvalue weighted by Crippen LogP contribution is -2.31. The number of nitrogens with two attached hydrogens (primary N) is 1. The summed E-state index contributed by atoms with van der Waals surface area (Å²) in [6.45, 7) is 0. The monoisotopic (exact) mass is 210 g/mol. The first kappa shape index (κ1) is 10.4. The standard InChI is InChI=1S/C11H15FN2O/c12-8-5-11(7-14-6-8)15-10-3-1-9(13)2-4-10/h5-7,9-10H,1-4,13H2/t9-,10-. The third-order valence-corrected chi connectivity index (χ3v) is 2.70. The molecule has 1 saturated carbocycles. The van der Waals surface area contributed by atoms with Gasteiger partial charge in [-0.3, -0.25) is 4.98 Å². The van der Waals surface area contributed by atoms with Gasteiger partial charge in [-0.2, -0.15) is 0 Å². The summed E-state index contributed by atoms with van der Waals surface area (Å²) >= 11 is 0. The third-order valence-electron chi connectivity index (χ3n) is 2.70. The van der Waals surface area contributed by atoms with Gasteiger partial charge in [-0.15, -0.1) is 0 Å². The van der Waals surface area contributed by atoms with Crippen molar-refractivity contribution in [2.24, 2.45) is 5.73 Å². The van der Waals surface area contributed by atoms with Gasteiger partial charge in [0.1, 0.15) is 11.6 Å². The van der Waals surface area contributed by atoms with Gasteiger partial charge >= 0.3 is 0 Å². The molecule has 1 heterocycles. The van der Waals surface area contributed by atoms with E-state index in [0.29, 0.717) is 11.8 Å². The van der Waals surface area contributed by atoms with E-state index in [1.165, 1.54) is 18.5 Å². The maximum atomic E-state index is 12.8. The number of rotatable bonds is 2. The topological polar surface area (TPSA) is 48.1 Å². The summed E-state index contributed by atoms with van der Waals surface area (Å²) in [6, 6.07) is 1.66. The molecule has 2 N–H and O–H groups in total. The molecular weight excluding hydrogens is 195 g/mol. The summed E-state index contributed by atoms with van der Waals surface area (Å²) in [4.78, 5) is 3.74. The van der Waals surface area contributed by atoms with Crippen LogP contribution in [-0.2, 0) is 0 Å². The van der Waals surface area contributed by atoms with E-state index in [0.717, 1.165) is 25.7 Å². The van der Waals surface area contributed by atoms with Crippen molar-refractivity contribution in [1.29, 1.82) is 0 Å². The molecule has 2 rings (SSSR count). The second kappa shape index (κ2) is 4.57. The van der Waals surface area contributed by atoms with Crippen LogP contribution in [0.2, 0.25) is 0 Å². The molecule has 15 heavy (non-hydrogen) atoms. The molecule has 0 radical (unpaired) electrons. The summed E-state index contributed by atoms with van der Waals surface area (Å²) in [5, 5.41) is 0. The summed E-state index contributed by atoms with van der Waals surface area (Å²) in [5.74, 6) is 0.149.